The van der Waals surface area contributed by atoms with Gasteiger partial charge >= 0.3 is 0 Å². The molecule has 0 saturated carbocycles. The van der Waals surface area contributed by atoms with Crippen LogP contribution in [0.3, 0.4) is 0 Å². The summed E-state index contributed by atoms with van der Waals surface area (Å²) >= 11 is 7.75. The highest BCUT2D eigenvalue weighted by Gasteiger charge is 2.26. The second kappa shape index (κ2) is 6.48. The van der Waals surface area contributed by atoms with Crippen molar-refractivity contribution in [1.29, 1.82) is 0 Å². The van der Waals surface area contributed by atoms with Crippen molar-refractivity contribution in [2.24, 2.45) is 0 Å². The van der Waals surface area contributed by atoms with Crippen LogP contribution in [0.25, 0.3) is 15.3 Å². The third-order valence-corrected chi connectivity index (χ3v) is 6.06. The zero-order chi connectivity index (χ0) is 18.4. The summed E-state index contributed by atoms with van der Waals surface area (Å²) in [5, 5.41) is 8.96. The van der Waals surface area contributed by atoms with E-state index < -0.39 is 0 Å². The summed E-state index contributed by atoms with van der Waals surface area (Å²) in [4.78, 5) is 17.5. The second-order valence-electron chi connectivity index (χ2n) is 6.44. The molecule has 2 aromatic carbocycles. The molecular weight excluding hydrogens is 380 g/mol. The number of rotatable bonds is 3. The normalized spacial score (nSPS) is 13.1. The Labute approximate surface area is 164 Å². The molecule has 5 nitrogen and oxygen atoms in total. The Hall–Kier alpha value is -2.70. The van der Waals surface area contributed by atoms with Crippen LogP contribution in [0.4, 0.5) is 5.82 Å². The van der Waals surface area contributed by atoms with E-state index in [1.807, 2.05) is 30.3 Å². The minimum Gasteiger partial charge on any atom is -0.306 e. The molecule has 1 aliphatic carbocycles. The summed E-state index contributed by atoms with van der Waals surface area (Å²) in [7, 11) is 0. The standard InChI is InChI=1S/C20H15ClN4OS/c21-14-8-2-1-6-12(14)19(26)23-18-13-7-5-10-15(13)24-25(18)20-22-16-9-3-4-11-17(16)27-20/h1-4,6,8-9,11H,5,7,10H2,(H,23,26). The second-order valence-corrected chi connectivity index (χ2v) is 7.85. The number of amides is 1. The number of carbonyl (C=O) groups is 1. The van der Waals surface area contributed by atoms with Gasteiger partial charge in [-0.2, -0.15) is 9.78 Å². The minimum atomic E-state index is -0.238. The lowest BCUT2D eigenvalue weighted by Gasteiger charge is -2.10. The molecule has 134 valence electrons. The molecule has 0 saturated heterocycles. The number of hydrogen-bond donors (Lipinski definition) is 1. The number of anilines is 1. The van der Waals surface area contributed by atoms with Crippen molar-refractivity contribution in [3.63, 3.8) is 0 Å². The van der Waals surface area contributed by atoms with E-state index in [9.17, 15) is 4.79 Å². The van der Waals surface area contributed by atoms with E-state index in [2.05, 4.69) is 5.32 Å². The van der Waals surface area contributed by atoms with Gasteiger partial charge in [0.25, 0.3) is 5.91 Å². The third-order valence-electron chi connectivity index (χ3n) is 4.72. The Balaban J connectivity index is 1.59. The molecular formula is C20H15ClN4OS. The monoisotopic (exact) mass is 394 g/mol. The summed E-state index contributed by atoms with van der Waals surface area (Å²) in [6.07, 6.45) is 2.87. The van der Waals surface area contributed by atoms with Gasteiger partial charge in [0.2, 0.25) is 5.13 Å². The summed E-state index contributed by atoms with van der Waals surface area (Å²) in [5.41, 5.74) is 3.50. The maximum atomic E-state index is 12.8. The Bertz CT molecular complexity index is 1150. The lowest BCUT2D eigenvalue weighted by atomic mass is 10.2. The lowest BCUT2D eigenvalue weighted by molar-refractivity contribution is 0.102. The Kier molecular flexibility index (Phi) is 3.95. The van der Waals surface area contributed by atoms with Crippen molar-refractivity contribution in [3.8, 4) is 5.13 Å². The number of halogens is 1. The van der Waals surface area contributed by atoms with Crippen molar-refractivity contribution in [2.75, 3.05) is 5.32 Å². The molecule has 27 heavy (non-hydrogen) atoms. The third kappa shape index (κ3) is 2.81. The molecule has 5 rings (SSSR count). The predicted octanol–water partition coefficient (Wildman–Crippen LogP) is 4.88. The fraction of sp³-hybridized carbons (Fsp3) is 0.150. The smallest absolute Gasteiger partial charge is 0.258 e. The summed E-state index contributed by atoms with van der Waals surface area (Å²) < 4.78 is 2.86. The summed E-state index contributed by atoms with van der Waals surface area (Å²) in [6.45, 7) is 0. The zero-order valence-electron chi connectivity index (χ0n) is 14.3. The van der Waals surface area contributed by atoms with Crippen LogP contribution in [0.1, 0.15) is 28.0 Å². The highest BCUT2D eigenvalue weighted by molar-refractivity contribution is 7.20. The van der Waals surface area contributed by atoms with Crippen LogP contribution in [-0.2, 0) is 12.8 Å². The van der Waals surface area contributed by atoms with E-state index >= 15 is 0 Å². The van der Waals surface area contributed by atoms with Crippen LogP contribution < -0.4 is 5.32 Å². The number of nitrogens with one attached hydrogen (secondary N) is 1. The highest BCUT2D eigenvalue weighted by atomic mass is 35.5. The predicted molar refractivity (Wildman–Crippen MR) is 108 cm³/mol. The van der Waals surface area contributed by atoms with E-state index in [1.54, 1.807) is 34.2 Å². The molecule has 1 aliphatic rings. The number of benzene rings is 2. The van der Waals surface area contributed by atoms with Gasteiger partial charge in [-0.3, -0.25) is 4.79 Å². The van der Waals surface area contributed by atoms with Crippen molar-refractivity contribution in [2.45, 2.75) is 19.3 Å². The molecule has 1 amide bonds. The number of carbonyl (C=O) groups excluding carboxylic acids is 1. The van der Waals surface area contributed by atoms with Crippen LogP contribution in [0.5, 0.6) is 0 Å². The van der Waals surface area contributed by atoms with Crippen LogP contribution in [0.2, 0.25) is 5.02 Å². The first-order valence-corrected chi connectivity index (χ1v) is 9.93. The number of aryl methyl sites for hydroxylation is 1. The van der Waals surface area contributed by atoms with Crippen molar-refractivity contribution in [3.05, 3.63) is 70.4 Å². The van der Waals surface area contributed by atoms with Gasteiger partial charge in [0, 0.05) is 5.56 Å². The number of hydrogen-bond acceptors (Lipinski definition) is 4. The molecule has 2 aromatic heterocycles. The Morgan fingerprint density at radius 1 is 1.11 bits per heavy atom. The SMILES string of the molecule is O=C(Nc1c2c(nn1-c1nc3ccccc3s1)CCC2)c1ccccc1Cl. The van der Waals surface area contributed by atoms with Gasteiger partial charge in [0.1, 0.15) is 5.82 Å². The average Bonchev–Trinajstić information content (AvgIpc) is 3.36. The van der Waals surface area contributed by atoms with E-state index in [4.69, 9.17) is 21.7 Å². The Morgan fingerprint density at radius 3 is 2.78 bits per heavy atom. The molecule has 0 aliphatic heterocycles. The van der Waals surface area contributed by atoms with Crippen molar-refractivity contribution >= 4 is 44.9 Å². The first kappa shape index (κ1) is 16.5. The molecule has 2 heterocycles. The first-order chi connectivity index (χ1) is 13.2. The van der Waals surface area contributed by atoms with E-state index in [-0.39, 0.29) is 5.91 Å². The fourth-order valence-corrected chi connectivity index (χ4v) is 4.58. The first-order valence-electron chi connectivity index (χ1n) is 8.73. The lowest BCUT2D eigenvalue weighted by Crippen LogP contribution is -2.16. The number of para-hydroxylation sites is 1. The molecule has 0 radical (unpaired) electrons. The minimum absolute atomic E-state index is 0.238. The van der Waals surface area contributed by atoms with Gasteiger partial charge in [-0.25, -0.2) is 4.98 Å². The van der Waals surface area contributed by atoms with Gasteiger partial charge in [0.05, 0.1) is 26.5 Å². The summed E-state index contributed by atoms with van der Waals surface area (Å²) in [5.74, 6) is 0.462. The molecule has 7 heteroatoms. The maximum absolute atomic E-state index is 12.8. The van der Waals surface area contributed by atoms with Crippen LogP contribution >= 0.6 is 22.9 Å². The van der Waals surface area contributed by atoms with E-state index in [1.165, 1.54) is 0 Å². The number of nitrogens with zero attached hydrogens (tertiary/aromatic N) is 3. The van der Waals surface area contributed by atoms with E-state index in [0.717, 1.165) is 45.9 Å². The molecule has 0 fully saturated rings. The number of aromatic nitrogens is 3. The molecule has 0 atom stereocenters. The molecule has 4 aromatic rings. The largest absolute Gasteiger partial charge is 0.306 e. The Morgan fingerprint density at radius 2 is 1.93 bits per heavy atom. The zero-order valence-corrected chi connectivity index (χ0v) is 15.8. The van der Waals surface area contributed by atoms with Crippen molar-refractivity contribution in [1.82, 2.24) is 14.8 Å². The van der Waals surface area contributed by atoms with Crippen LogP contribution in [0.15, 0.2) is 48.5 Å². The van der Waals surface area contributed by atoms with Gasteiger partial charge in [-0.1, -0.05) is 47.2 Å². The fourth-order valence-electron chi connectivity index (χ4n) is 3.43. The van der Waals surface area contributed by atoms with E-state index in [0.29, 0.717) is 16.4 Å². The maximum Gasteiger partial charge on any atom is 0.258 e. The molecule has 0 bridgehead atoms. The van der Waals surface area contributed by atoms with Gasteiger partial charge in [-0.15, -0.1) is 0 Å². The number of fused-ring (bicyclic) bond motifs is 2. The van der Waals surface area contributed by atoms with Gasteiger partial charge < -0.3 is 5.32 Å². The van der Waals surface area contributed by atoms with Gasteiger partial charge in [-0.05, 0) is 43.5 Å². The summed E-state index contributed by atoms with van der Waals surface area (Å²) in [6, 6.07) is 15.0. The van der Waals surface area contributed by atoms with Crippen LogP contribution in [0, 0.1) is 0 Å². The number of thiazole rings is 1. The van der Waals surface area contributed by atoms with Gasteiger partial charge in [0.15, 0.2) is 0 Å². The molecule has 0 unspecified atom stereocenters. The quantitative estimate of drug-likeness (QED) is 0.539. The highest BCUT2D eigenvalue weighted by Crippen LogP contribution is 2.34. The molecule has 1 N–H and O–H groups in total. The van der Waals surface area contributed by atoms with Crippen LogP contribution in [-0.4, -0.2) is 20.7 Å². The topological polar surface area (TPSA) is 59.8 Å². The van der Waals surface area contributed by atoms with Crippen molar-refractivity contribution < 1.29 is 4.79 Å². The average molecular weight is 395 g/mol. The molecule has 0 spiro atoms.